The summed E-state index contributed by atoms with van der Waals surface area (Å²) in [6, 6.07) is 23.7. The van der Waals surface area contributed by atoms with Gasteiger partial charge in [0.25, 0.3) is 0 Å². The van der Waals surface area contributed by atoms with Crippen LogP contribution >= 0.6 is 0 Å². The van der Waals surface area contributed by atoms with Gasteiger partial charge in [-0.3, -0.25) is 15.0 Å². The number of hydrogen-bond donors (Lipinski definition) is 0. The largest absolute Gasteiger partial charge is 0.309 e. The van der Waals surface area contributed by atoms with Gasteiger partial charge in [0.1, 0.15) is 0 Å². The Morgan fingerprint density at radius 1 is 0.889 bits per heavy atom. The molecule has 0 aliphatic carbocycles. The monoisotopic (exact) mass is 584 g/mol. The molecule has 1 atom stereocenters. The standard InChI is InChI=1S/C41H36N4/c1-6-11-36(35(7-2)37-25-42-19-16-29(37)4)30(5)33-22-32(28(3)14-15-31-12-9-8-10-13-31)23-34(24-33)45-40-17-20-43-26-38(40)39-27-44-21-18-41(39)45/h7-14,16-27,30H,1-2,15H2,3-5H3/b28-14+,36-35-. The average molecular weight is 585 g/mol. The summed E-state index contributed by atoms with van der Waals surface area (Å²) < 4.78 is 2.32. The van der Waals surface area contributed by atoms with E-state index in [9.17, 15) is 0 Å². The van der Waals surface area contributed by atoms with E-state index in [1.165, 1.54) is 22.3 Å². The van der Waals surface area contributed by atoms with Crippen LogP contribution in [0.2, 0.25) is 0 Å². The molecule has 4 nitrogen and oxygen atoms in total. The van der Waals surface area contributed by atoms with Crippen molar-refractivity contribution in [1.29, 1.82) is 0 Å². The maximum Gasteiger partial charge on any atom is 0.0572 e. The third kappa shape index (κ3) is 5.84. The van der Waals surface area contributed by atoms with Crippen molar-refractivity contribution in [3.63, 3.8) is 0 Å². The van der Waals surface area contributed by atoms with Gasteiger partial charge < -0.3 is 4.57 Å². The summed E-state index contributed by atoms with van der Waals surface area (Å²) in [7, 11) is 0. The van der Waals surface area contributed by atoms with E-state index >= 15 is 0 Å². The summed E-state index contributed by atoms with van der Waals surface area (Å²) in [4.78, 5) is 13.3. The van der Waals surface area contributed by atoms with Gasteiger partial charge in [-0.15, -0.1) is 5.73 Å². The molecule has 6 aromatic rings. The van der Waals surface area contributed by atoms with Crippen LogP contribution < -0.4 is 0 Å². The first kappa shape index (κ1) is 29.5. The minimum atomic E-state index is 0.00361. The lowest BCUT2D eigenvalue weighted by molar-refractivity contribution is 0.920. The summed E-state index contributed by atoms with van der Waals surface area (Å²) in [5, 5.41) is 2.15. The van der Waals surface area contributed by atoms with Crippen molar-refractivity contribution in [1.82, 2.24) is 19.5 Å². The topological polar surface area (TPSA) is 43.6 Å². The number of rotatable bonds is 9. The fourth-order valence-electron chi connectivity index (χ4n) is 6.09. The maximum absolute atomic E-state index is 4.44. The Kier molecular flexibility index (Phi) is 8.50. The SMILES string of the molecule is C=C=C/C(=C(\C=C)c1cnccc1C)C(C)c1cc(/C(C)=C/Cc2ccccc2)cc(-n2c3ccncc3c3cnccc32)c1. The molecule has 0 bridgehead atoms. The molecule has 0 spiro atoms. The molecule has 45 heavy (non-hydrogen) atoms. The van der Waals surface area contributed by atoms with Crippen LogP contribution in [0.25, 0.3) is 38.6 Å². The van der Waals surface area contributed by atoms with Gasteiger partial charge in [0.05, 0.1) is 11.0 Å². The van der Waals surface area contributed by atoms with E-state index < -0.39 is 0 Å². The third-order valence-electron chi connectivity index (χ3n) is 8.58. The highest BCUT2D eigenvalue weighted by atomic mass is 15.0. The van der Waals surface area contributed by atoms with Crippen LogP contribution in [0.5, 0.6) is 0 Å². The summed E-state index contributed by atoms with van der Waals surface area (Å²) in [5.41, 5.74) is 15.5. The van der Waals surface area contributed by atoms with E-state index in [2.05, 4.69) is 126 Å². The number of aromatic nitrogens is 4. The van der Waals surface area contributed by atoms with Crippen LogP contribution in [0.3, 0.4) is 0 Å². The number of nitrogens with zero attached hydrogens (tertiary/aromatic N) is 4. The molecule has 0 N–H and O–H groups in total. The Morgan fingerprint density at radius 2 is 1.56 bits per heavy atom. The van der Waals surface area contributed by atoms with Crippen molar-refractivity contribution in [2.24, 2.45) is 0 Å². The quantitative estimate of drug-likeness (QED) is 0.125. The van der Waals surface area contributed by atoms with Crippen LogP contribution in [0.4, 0.5) is 0 Å². The van der Waals surface area contributed by atoms with Gasteiger partial charge in [-0.1, -0.05) is 68.6 Å². The molecule has 4 aromatic heterocycles. The zero-order chi connectivity index (χ0) is 31.3. The molecule has 4 heteroatoms. The zero-order valence-corrected chi connectivity index (χ0v) is 26.0. The van der Waals surface area contributed by atoms with Gasteiger partial charge in [-0.25, -0.2) is 0 Å². The highest BCUT2D eigenvalue weighted by molar-refractivity contribution is 6.08. The summed E-state index contributed by atoms with van der Waals surface area (Å²) >= 11 is 0. The first-order valence-electron chi connectivity index (χ1n) is 15.2. The van der Waals surface area contributed by atoms with Crippen LogP contribution in [-0.2, 0) is 6.42 Å². The number of allylic oxidation sites excluding steroid dienone is 6. The molecule has 0 fully saturated rings. The van der Waals surface area contributed by atoms with Crippen molar-refractivity contribution in [3.05, 3.63) is 174 Å². The van der Waals surface area contributed by atoms with Crippen LogP contribution in [0.15, 0.2) is 147 Å². The number of hydrogen-bond acceptors (Lipinski definition) is 3. The fraction of sp³-hybridized carbons (Fsp3) is 0.122. The molecule has 0 radical (unpaired) electrons. The number of fused-ring (bicyclic) bond motifs is 3. The van der Waals surface area contributed by atoms with Crippen molar-refractivity contribution in [2.45, 2.75) is 33.1 Å². The Morgan fingerprint density at radius 3 is 2.20 bits per heavy atom. The second-order valence-corrected chi connectivity index (χ2v) is 11.3. The number of aryl methyl sites for hydroxylation is 1. The van der Waals surface area contributed by atoms with Crippen LogP contribution in [-0.4, -0.2) is 19.5 Å². The van der Waals surface area contributed by atoms with Gasteiger partial charge >= 0.3 is 0 Å². The zero-order valence-electron chi connectivity index (χ0n) is 26.0. The van der Waals surface area contributed by atoms with Crippen molar-refractivity contribution in [2.75, 3.05) is 0 Å². The van der Waals surface area contributed by atoms with Crippen molar-refractivity contribution < 1.29 is 0 Å². The molecular formula is C41H36N4. The van der Waals surface area contributed by atoms with Gasteiger partial charge in [-0.05, 0) is 95.6 Å². The molecule has 220 valence electrons. The minimum absolute atomic E-state index is 0.00361. The Bertz CT molecular complexity index is 2090. The Hall–Kier alpha value is -5.57. The van der Waals surface area contributed by atoms with Crippen molar-refractivity contribution in [3.8, 4) is 5.69 Å². The molecular weight excluding hydrogens is 548 g/mol. The third-order valence-corrected chi connectivity index (χ3v) is 8.58. The Labute approximate surface area is 265 Å². The summed E-state index contributed by atoms with van der Waals surface area (Å²) in [6.45, 7) is 14.7. The van der Waals surface area contributed by atoms with Gasteiger partial charge in [0.15, 0.2) is 0 Å². The minimum Gasteiger partial charge on any atom is -0.309 e. The molecule has 0 amide bonds. The number of pyridine rings is 3. The van der Waals surface area contributed by atoms with E-state index in [-0.39, 0.29) is 5.92 Å². The van der Waals surface area contributed by atoms with E-state index in [4.69, 9.17) is 0 Å². The average Bonchev–Trinajstić information content (AvgIpc) is 3.42. The first-order valence-corrected chi connectivity index (χ1v) is 15.2. The molecule has 6 rings (SSSR count). The lowest BCUT2D eigenvalue weighted by atomic mass is 9.85. The second-order valence-electron chi connectivity index (χ2n) is 11.3. The predicted octanol–water partition coefficient (Wildman–Crippen LogP) is 10.0. The number of benzene rings is 2. The molecule has 4 heterocycles. The molecule has 0 aliphatic heterocycles. The van der Waals surface area contributed by atoms with Gasteiger partial charge in [-0.2, -0.15) is 0 Å². The van der Waals surface area contributed by atoms with Crippen molar-refractivity contribution >= 4 is 33.0 Å². The van der Waals surface area contributed by atoms with E-state index in [0.717, 1.165) is 56.2 Å². The van der Waals surface area contributed by atoms with Gasteiger partial charge in [0.2, 0.25) is 0 Å². The van der Waals surface area contributed by atoms with E-state index in [1.807, 2.05) is 55.4 Å². The summed E-state index contributed by atoms with van der Waals surface area (Å²) in [6.07, 6.45) is 18.4. The first-order chi connectivity index (χ1) is 22.0. The molecule has 2 aromatic carbocycles. The maximum atomic E-state index is 4.44. The normalized spacial score (nSPS) is 12.9. The predicted molar refractivity (Wildman–Crippen MR) is 188 cm³/mol. The van der Waals surface area contributed by atoms with Crippen LogP contribution in [0.1, 0.15) is 47.6 Å². The smallest absolute Gasteiger partial charge is 0.0572 e. The lowest BCUT2D eigenvalue weighted by Crippen LogP contribution is -2.04. The molecule has 0 aliphatic rings. The second kappa shape index (κ2) is 13.0. The molecule has 0 saturated heterocycles. The molecule has 0 saturated carbocycles. The van der Waals surface area contributed by atoms with Crippen LogP contribution in [0, 0.1) is 6.92 Å². The summed E-state index contributed by atoms with van der Waals surface area (Å²) in [5.74, 6) is 0.00361. The Balaban J connectivity index is 1.59. The van der Waals surface area contributed by atoms with E-state index in [0.29, 0.717) is 0 Å². The highest BCUT2D eigenvalue weighted by Crippen LogP contribution is 2.37. The van der Waals surface area contributed by atoms with E-state index in [1.54, 1.807) is 0 Å². The lowest BCUT2D eigenvalue weighted by Gasteiger charge is -2.21. The molecule has 1 unspecified atom stereocenters. The van der Waals surface area contributed by atoms with Gasteiger partial charge in [0, 0.05) is 65.1 Å². The highest BCUT2D eigenvalue weighted by Gasteiger charge is 2.19. The fourth-order valence-corrected chi connectivity index (χ4v) is 6.09.